The molecule has 0 radical (unpaired) electrons. The molecule has 9 heteroatoms. The number of benzene rings is 1. The number of amides is 1. The zero-order chi connectivity index (χ0) is 19.9. The topological polar surface area (TPSA) is 91.3 Å². The van der Waals surface area contributed by atoms with Gasteiger partial charge in [0.25, 0.3) is 15.9 Å². The maximum atomic E-state index is 13.0. The molecule has 28 heavy (non-hydrogen) atoms. The molecule has 0 atom stereocenters. The van der Waals surface area contributed by atoms with Gasteiger partial charge in [0.2, 0.25) is 0 Å². The Hall–Kier alpha value is -2.65. The van der Waals surface area contributed by atoms with Gasteiger partial charge in [-0.3, -0.25) is 4.79 Å². The van der Waals surface area contributed by atoms with E-state index in [4.69, 9.17) is 0 Å². The number of aromatic amines is 1. The molecular formula is C19H23N5O3S. The molecule has 4 rings (SSSR count). The van der Waals surface area contributed by atoms with E-state index < -0.39 is 10.0 Å². The largest absolute Gasteiger partial charge is 0.360 e. The van der Waals surface area contributed by atoms with Crippen molar-refractivity contribution in [3.05, 3.63) is 48.0 Å². The van der Waals surface area contributed by atoms with E-state index in [9.17, 15) is 13.2 Å². The summed E-state index contributed by atoms with van der Waals surface area (Å²) in [6, 6.07) is 7.66. The molecule has 2 aromatic heterocycles. The van der Waals surface area contributed by atoms with Gasteiger partial charge in [-0.15, -0.1) is 0 Å². The zero-order valence-electron chi connectivity index (χ0n) is 15.9. The normalized spacial score (nSPS) is 16.4. The molecule has 1 aliphatic heterocycles. The maximum absolute atomic E-state index is 13.0. The van der Waals surface area contributed by atoms with Crippen LogP contribution in [-0.4, -0.2) is 64.2 Å². The van der Waals surface area contributed by atoms with E-state index in [2.05, 4.69) is 9.97 Å². The molecule has 0 unspecified atom stereocenters. The highest BCUT2D eigenvalue weighted by molar-refractivity contribution is 7.89. The number of imidazole rings is 1. The molecule has 0 bridgehead atoms. The van der Waals surface area contributed by atoms with Gasteiger partial charge in [-0.2, -0.15) is 4.31 Å². The third-order valence-corrected chi connectivity index (χ3v) is 7.02. The average molecular weight is 401 g/mol. The Morgan fingerprint density at radius 2 is 1.93 bits per heavy atom. The summed E-state index contributed by atoms with van der Waals surface area (Å²) in [5.41, 5.74) is 1.53. The van der Waals surface area contributed by atoms with Crippen LogP contribution < -0.4 is 0 Å². The van der Waals surface area contributed by atoms with Crippen LogP contribution >= 0.6 is 0 Å². The lowest BCUT2D eigenvalue weighted by Gasteiger charge is -2.21. The van der Waals surface area contributed by atoms with Crippen molar-refractivity contribution in [2.24, 2.45) is 7.05 Å². The van der Waals surface area contributed by atoms with Crippen molar-refractivity contribution in [3.8, 4) is 0 Å². The molecule has 0 spiro atoms. The number of para-hydroxylation sites is 1. The summed E-state index contributed by atoms with van der Waals surface area (Å²) in [5, 5.41) is 0.939. The molecule has 0 saturated carbocycles. The first kappa shape index (κ1) is 18.7. The number of hydrogen-bond acceptors (Lipinski definition) is 4. The molecule has 0 aliphatic carbocycles. The number of aromatic nitrogens is 3. The van der Waals surface area contributed by atoms with E-state index in [1.807, 2.05) is 24.3 Å². The minimum atomic E-state index is -3.67. The Morgan fingerprint density at radius 1 is 1.14 bits per heavy atom. The number of H-pyrrole nitrogens is 1. The van der Waals surface area contributed by atoms with Gasteiger partial charge in [0.05, 0.1) is 5.56 Å². The summed E-state index contributed by atoms with van der Waals surface area (Å²) < 4.78 is 29.0. The predicted octanol–water partition coefficient (Wildman–Crippen LogP) is 1.75. The van der Waals surface area contributed by atoms with Crippen LogP contribution in [0, 0.1) is 6.92 Å². The SMILES string of the molecule is Cc1nc(S(=O)(=O)N2CCCN(C(=O)c3c[nH]c4ccccc34)CC2)cn1C. The van der Waals surface area contributed by atoms with Crippen molar-refractivity contribution in [1.82, 2.24) is 23.7 Å². The molecule has 1 saturated heterocycles. The fourth-order valence-electron chi connectivity index (χ4n) is 3.54. The molecule has 1 amide bonds. The molecule has 3 heterocycles. The number of hydrogen-bond donors (Lipinski definition) is 1. The van der Waals surface area contributed by atoms with E-state index >= 15 is 0 Å². The van der Waals surface area contributed by atoms with Crippen LogP contribution in [0.5, 0.6) is 0 Å². The highest BCUT2D eigenvalue weighted by Crippen LogP contribution is 2.21. The summed E-state index contributed by atoms with van der Waals surface area (Å²) in [7, 11) is -1.90. The second-order valence-electron chi connectivity index (χ2n) is 7.04. The molecule has 148 valence electrons. The minimum Gasteiger partial charge on any atom is -0.360 e. The number of sulfonamides is 1. The Kier molecular flexibility index (Phi) is 4.72. The van der Waals surface area contributed by atoms with Gasteiger partial charge in [-0.05, 0) is 19.4 Å². The third-order valence-electron chi connectivity index (χ3n) is 5.25. The van der Waals surface area contributed by atoms with Gasteiger partial charge in [0.1, 0.15) is 5.82 Å². The van der Waals surface area contributed by atoms with Gasteiger partial charge in [0.15, 0.2) is 5.03 Å². The van der Waals surface area contributed by atoms with Crippen molar-refractivity contribution < 1.29 is 13.2 Å². The van der Waals surface area contributed by atoms with Crippen molar-refractivity contribution in [2.45, 2.75) is 18.4 Å². The van der Waals surface area contributed by atoms with Crippen LogP contribution in [0.2, 0.25) is 0 Å². The molecule has 1 N–H and O–H groups in total. The molecule has 8 nitrogen and oxygen atoms in total. The highest BCUT2D eigenvalue weighted by Gasteiger charge is 2.31. The molecule has 1 fully saturated rings. The van der Waals surface area contributed by atoms with Crippen molar-refractivity contribution in [1.29, 1.82) is 0 Å². The van der Waals surface area contributed by atoms with E-state index in [0.29, 0.717) is 37.4 Å². The zero-order valence-corrected chi connectivity index (χ0v) is 16.7. The summed E-state index contributed by atoms with van der Waals surface area (Å²) in [5.74, 6) is 0.565. The van der Waals surface area contributed by atoms with E-state index in [0.717, 1.165) is 10.9 Å². The lowest BCUT2D eigenvalue weighted by molar-refractivity contribution is 0.0766. The van der Waals surface area contributed by atoms with Crippen molar-refractivity contribution >= 4 is 26.8 Å². The fraction of sp³-hybridized carbons (Fsp3) is 0.368. The lowest BCUT2D eigenvalue weighted by atomic mass is 10.1. The van der Waals surface area contributed by atoms with Crippen LogP contribution in [0.25, 0.3) is 10.9 Å². The first-order valence-corrected chi connectivity index (χ1v) is 10.7. The number of fused-ring (bicyclic) bond motifs is 1. The summed E-state index contributed by atoms with van der Waals surface area (Å²) >= 11 is 0. The van der Waals surface area contributed by atoms with E-state index in [1.165, 1.54) is 10.5 Å². The maximum Gasteiger partial charge on any atom is 0.262 e. The van der Waals surface area contributed by atoms with Gasteiger partial charge in [-0.25, -0.2) is 13.4 Å². The number of carbonyl (C=O) groups excluding carboxylic acids is 1. The molecule has 1 aromatic carbocycles. The second kappa shape index (κ2) is 7.06. The van der Waals surface area contributed by atoms with Crippen molar-refractivity contribution in [3.63, 3.8) is 0 Å². The second-order valence-corrected chi connectivity index (χ2v) is 8.92. The Labute approximate surface area is 163 Å². The molecular weight excluding hydrogens is 378 g/mol. The lowest BCUT2D eigenvalue weighted by Crippen LogP contribution is -2.37. The predicted molar refractivity (Wildman–Crippen MR) is 106 cm³/mol. The van der Waals surface area contributed by atoms with Crippen LogP contribution in [-0.2, 0) is 17.1 Å². The first-order valence-electron chi connectivity index (χ1n) is 9.23. The van der Waals surface area contributed by atoms with Crippen molar-refractivity contribution in [2.75, 3.05) is 26.2 Å². The van der Waals surface area contributed by atoms with Crippen LogP contribution in [0.3, 0.4) is 0 Å². The number of rotatable bonds is 3. The van der Waals surface area contributed by atoms with Crippen LogP contribution in [0.15, 0.2) is 41.7 Å². The Balaban J connectivity index is 1.53. The fourth-order valence-corrected chi connectivity index (χ4v) is 5.03. The first-order chi connectivity index (χ1) is 13.4. The third kappa shape index (κ3) is 3.20. The molecule has 3 aromatic rings. The standard InChI is InChI=1S/C19H23N5O3S/c1-14-21-18(13-22(14)2)28(26,27)24-9-5-8-23(10-11-24)19(25)16-12-20-17-7-4-3-6-15(16)17/h3-4,6-7,12-13,20H,5,8-11H2,1-2H3. The number of nitrogens with one attached hydrogen (secondary N) is 1. The summed E-state index contributed by atoms with van der Waals surface area (Å²) in [4.78, 5) is 22.0. The Bertz CT molecular complexity index is 1110. The number of aryl methyl sites for hydroxylation is 2. The monoisotopic (exact) mass is 401 g/mol. The molecule has 1 aliphatic rings. The van der Waals surface area contributed by atoms with Gasteiger partial charge < -0.3 is 14.5 Å². The summed E-state index contributed by atoms with van der Waals surface area (Å²) in [6.07, 6.45) is 3.84. The number of carbonyl (C=O) groups is 1. The van der Waals surface area contributed by atoms with Crippen LogP contribution in [0.4, 0.5) is 0 Å². The van der Waals surface area contributed by atoms with E-state index in [-0.39, 0.29) is 17.5 Å². The van der Waals surface area contributed by atoms with Gasteiger partial charge in [-0.1, -0.05) is 18.2 Å². The van der Waals surface area contributed by atoms with Crippen LogP contribution in [0.1, 0.15) is 22.6 Å². The quantitative estimate of drug-likeness (QED) is 0.724. The average Bonchev–Trinajstić information content (AvgIpc) is 3.15. The smallest absolute Gasteiger partial charge is 0.262 e. The van der Waals surface area contributed by atoms with E-state index in [1.54, 1.807) is 29.6 Å². The van der Waals surface area contributed by atoms with Gasteiger partial charge >= 0.3 is 0 Å². The Morgan fingerprint density at radius 3 is 2.68 bits per heavy atom. The minimum absolute atomic E-state index is 0.0592. The highest BCUT2D eigenvalue weighted by atomic mass is 32.2. The number of nitrogens with zero attached hydrogens (tertiary/aromatic N) is 4. The van der Waals surface area contributed by atoms with Gasteiger partial charge in [0, 0.05) is 56.5 Å². The summed E-state index contributed by atoms with van der Waals surface area (Å²) in [6.45, 7) is 3.26.